The van der Waals surface area contributed by atoms with Crippen molar-refractivity contribution in [3.05, 3.63) is 27.9 Å². The predicted molar refractivity (Wildman–Crippen MR) is 75.7 cm³/mol. The number of hydrogen-bond donors (Lipinski definition) is 5. The maximum Gasteiger partial charge on any atom is 0.469 e. The van der Waals surface area contributed by atoms with Crippen LogP contribution in [-0.2, 0) is 13.8 Å². The summed E-state index contributed by atoms with van der Waals surface area (Å²) in [4.78, 5) is 44.5. The van der Waals surface area contributed by atoms with Gasteiger partial charge in [-0.2, -0.15) is 0 Å². The van der Waals surface area contributed by atoms with Crippen molar-refractivity contribution in [3.63, 3.8) is 0 Å². The molecule has 0 radical (unpaired) electrons. The van der Waals surface area contributed by atoms with Gasteiger partial charge in [0.2, 0.25) is 0 Å². The molecule has 0 aromatic carbocycles. The highest BCUT2D eigenvalue weighted by molar-refractivity contribution is 7.46. The number of carbonyl (C=O) groups excluding carboxylic acids is 1. The second-order valence-corrected chi connectivity index (χ2v) is 6.38. The molecule has 0 unspecified atom stereocenters. The van der Waals surface area contributed by atoms with E-state index in [4.69, 9.17) is 20.3 Å². The normalized spacial score (nSPS) is 27.4. The summed E-state index contributed by atoms with van der Waals surface area (Å²) in [5, 5.41) is 19.9. The first-order chi connectivity index (χ1) is 11.0. The van der Waals surface area contributed by atoms with Gasteiger partial charge >= 0.3 is 7.82 Å². The van der Waals surface area contributed by atoms with Crippen molar-refractivity contribution in [2.75, 3.05) is 6.61 Å². The number of nitrogens with zero attached hydrogens (tertiary/aromatic N) is 2. The van der Waals surface area contributed by atoms with Gasteiger partial charge in [0.15, 0.2) is 11.9 Å². The maximum absolute atomic E-state index is 12.2. The van der Waals surface area contributed by atoms with Crippen molar-refractivity contribution in [1.29, 1.82) is 0 Å². The summed E-state index contributed by atoms with van der Waals surface area (Å²) in [5.41, 5.74) is 3.77. The molecule has 6 N–H and O–H groups in total. The molecule has 13 heteroatoms. The van der Waals surface area contributed by atoms with Gasteiger partial charge in [0.05, 0.1) is 12.3 Å². The Bertz CT molecular complexity index is 745. The average molecular weight is 365 g/mol. The molecule has 1 fully saturated rings. The summed E-state index contributed by atoms with van der Waals surface area (Å²) >= 11 is 0. The molecule has 1 aliphatic heterocycles. The van der Waals surface area contributed by atoms with E-state index in [0.29, 0.717) is 0 Å². The molecule has 4 atom stereocenters. The molecule has 0 spiro atoms. The van der Waals surface area contributed by atoms with Crippen molar-refractivity contribution in [2.45, 2.75) is 31.5 Å². The van der Waals surface area contributed by atoms with Crippen molar-refractivity contribution in [2.24, 2.45) is 5.73 Å². The second kappa shape index (κ2) is 6.69. The van der Waals surface area contributed by atoms with Crippen LogP contribution in [0.5, 0.6) is 0 Å². The minimum Gasteiger partial charge on any atom is -0.387 e. The molecule has 1 aromatic heterocycles. The number of primary amides is 1. The predicted octanol–water partition coefficient (Wildman–Crippen LogP) is -2.62. The number of aliphatic hydroxyl groups is 2. The highest BCUT2D eigenvalue weighted by Gasteiger charge is 2.45. The van der Waals surface area contributed by atoms with E-state index in [-0.39, 0.29) is 5.69 Å². The van der Waals surface area contributed by atoms with Gasteiger partial charge in [0.25, 0.3) is 11.5 Å². The number of aromatic nitrogens is 2. The minimum absolute atomic E-state index is 0.226. The number of phosphoric acid groups is 1. The van der Waals surface area contributed by atoms with Gasteiger partial charge < -0.3 is 30.5 Å². The van der Waals surface area contributed by atoms with E-state index in [1.165, 1.54) is 13.1 Å². The number of aryl methyl sites for hydroxylation is 1. The maximum atomic E-state index is 12.2. The molecule has 1 aromatic rings. The molecule has 0 aliphatic carbocycles. The van der Waals surface area contributed by atoms with Crippen LogP contribution < -0.4 is 11.3 Å². The van der Waals surface area contributed by atoms with Crippen LogP contribution in [-0.4, -0.2) is 60.4 Å². The molecule has 12 nitrogen and oxygen atoms in total. The molecule has 134 valence electrons. The minimum atomic E-state index is -4.81. The number of nitrogens with two attached hydrogens (primary N) is 1. The number of hydrogen-bond acceptors (Lipinski definition) is 8. The quantitative estimate of drug-likeness (QED) is 0.345. The Kier molecular flexibility index (Phi) is 5.20. The standard InChI is InChI=1S/C11H16N3O9P/c1-4-2-14(10(18)6(13-4)9(12)17)11-8(16)7(15)5(23-11)3-22-24(19,20)21/h2,5,7-8,11,15-16H,3H2,1H3,(H2,12,17)(H2,19,20,21)/t5-,7-,8-,11-/m1/s1. The summed E-state index contributed by atoms with van der Waals surface area (Å²) < 4.78 is 21.0. The Hall–Kier alpha value is -1.66. The van der Waals surface area contributed by atoms with Crippen LogP contribution in [0.4, 0.5) is 0 Å². The highest BCUT2D eigenvalue weighted by Crippen LogP contribution is 2.38. The third kappa shape index (κ3) is 3.87. The molecule has 2 rings (SSSR count). The van der Waals surface area contributed by atoms with Crippen LogP contribution in [0.2, 0.25) is 0 Å². The van der Waals surface area contributed by atoms with Crippen LogP contribution in [0.1, 0.15) is 22.4 Å². The highest BCUT2D eigenvalue weighted by atomic mass is 31.2. The van der Waals surface area contributed by atoms with Gasteiger partial charge in [0.1, 0.15) is 18.3 Å². The SMILES string of the molecule is Cc1cn([C@@H]2O[C@H](COP(=O)(O)O)[C@@H](O)[C@H]2O)c(=O)c(C(N)=O)n1. The fraction of sp³-hybridized carbons (Fsp3) is 0.545. The van der Waals surface area contributed by atoms with E-state index >= 15 is 0 Å². The number of carbonyl (C=O) groups is 1. The molecule has 24 heavy (non-hydrogen) atoms. The third-order valence-corrected chi connectivity index (χ3v) is 3.79. The monoisotopic (exact) mass is 365 g/mol. The smallest absolute Gasteiger partial charge is 0.387 e. The summed E-state index contributed by atoms with van der Waals surface area (Å²) in [6.07, 6.45) is -4.75. The number of rotatable bonds is 5. The van der Waals surface area contributed by atoms with E-state index in [0.717, 1.165) is 4.57 Å². The first-order valence-electron chi connectivity index (χ1n) is 6.62. The van der Waals surface area contributed by atoms with Crippen molar-refractivity contribution < 1.29 is 38.6 Å². The van der Waals surface area contributed by atoms with Crippen LogP contribution in [0, 0.1) is 6.92 Å². The summed E-state index contributed by atoms with van der Waals surface area (Å²) in [7, 11) is -4.81. The molecule has 1 aliphatic rings. The molecule has 0 saturated carbocycles. The van der Waals surface area contributed by atoms with Gasteiger partial charge in [-0.1, -0.05) is 0 Å². The first kappa shape index (κ1) is 18.7. The van der Waals surface area contributed by atoms with E-state index in [1.54, 1.807) is 0 Å². The fourth-order valence-corrected chi connectivity index (χ4v) is 2.59. The van der Waals surface area contributed by atoms with Gasteiger partial charge in [-0.25, -0.2) is 9.55 Å². The second-order valence-electron chi connectivity index (χ2n) is 5.14. The Balaban J connectivity index is 2.32. The van der Waals surface area contributed by atoms with Crippen LogP contribution >= 0.6 is 7.82 Å². The summed E-state index contributed by atoms with van der Waals surface area (Å²) in [5.74, 6) is -1.08. The Morgan fingerprint density at radius 3 is 2.62 bits per heavy atom. The number of amides is 1. The van der Waals surface area contributed by atoms with E-state index in [1.807, 2.05) is 0 Å². The average Bonchev–Trinajstić information content (AvgIpc) is 2.74. The molecular weight excluding hydrogens is 349 g/mol. The van der Waals surface area contributed by atoms with Gasteiger partial charge in [-0.3, -0.25) is 18.7 Å². The largest absolute Gasteiger partial charge is 0.469 e. The molecule has 0 bridgehead atoms. The summed E-state index contributed by atoms with van der Waals surface area (Å²) in [6.45, 7) is 0.745. The number of ether oxygens (including phenoxy) is 1. The zero-order valence-corrected chi connectivity index (χ0v) is 13.2. The van der Waals surface area contributed by atoms with Crippen LogP contribution in [0.25, 0.3) is 0 Å². The third-order valence-electron chi connectivity index (χ3n) is 3.30. The fourth-order valence-electron chi connectivity index (χ4n) is 2.25. The molecule has 1 amide bonds. The van der Waals surface area contributed by atoms with E-state index in [9.17, 15) is 24.4 Å². The molecular formula is C11H16N3O9P. The lowest BCUT2D eigenvalue weighted by molar-refractivity contribution is -0.0539. The number of aliphatic hydroxyl groups excluding tert-OH is 2. The lowest BCUT2D eigenvalue weighted by Crippen LogP contribution is -2.38. The van der Waals surface area contributed by atoms with Crippen molar-refractivity contribution in [3.8, 4) is 0 Å². The molecule has 1 saturated heterocycles. The van der Waals surface area contributed by atoms with Crippen molar-refractivity contribution in [1.82, 2.24) is 9.55 Å². The zero-order chi connectivity index (χ0) is 18.2. The van der Waals surface area contributed by atoms with Crippen LogP contribution in [0.3, 0.4) is 0 Å². The Morgan fingerprint density at radius 1 is 1.46 bits per heavy atom. The Morgan fingerprint density at radius 2 is 2.08 bits per heavy atom. The van der Waals surface area contributed by atoms with E-state index < -0.39 is 56.1 Å². The summed E-state index contributed by atoms with van der Waals surface area (Å²) in [6, 6.07) is 0. The lowest BCUT2D eigenvalue weighted by atomic mass is 10.1. The van der Waals surface area contributed by atoms with Gasteiger partial charge in [-0.05, 0) is 6.92 Å². The molecule has 2 heterocycles. The van der Waals surface area contributed by atoms with Crippen molar-refractivity contribution >= 4 is 13.7 Å². The first-order valence-corrected chi connectivity index (χ1v) is 8.15. The zero-order valence-electron chi connectivity index (χ0n) is 12.3. The topological polar surface area (TPSA) is 194 Å². The van der Waals surface area contributed by atoms with Crippen LogP contribution in [0.15, 0.2) is 11.0 Å². The van der Waals surface area contributed by atoms with E-state index in [2.05, 4.69) is 9.51 Å². The lowest BCUT2D eigenvalue weighted by Gasteiger charge is -2.18. The number of phosphoric ester groups is 1. The van der Waals surface area contributed by atoms with Gasteiger partial charge in [0, 0.05) is 6.20 Å². The van der Waals surface area contributed by atoms with Gasteiger partial charge in [-0.15, -0.1) is 0 Å². The Labute approximate surface area is 134 Å².